The van der Waals surface area contributed by atoms with E-state index < -0.39 is 0 Å². The number of likely N-dealkylation sites (N-methyl/N-ethyl adjacent to an activating group) is 1. The van der Waals surface area contributed by atoms with E-state index in [1.165, 1.54) is 5.57 Å². The van der Waals surface area contributed by atoms with Crippen LogP contribution in [0.5, 0.6) is 5.75 Å². The molecule has 1 aliphatic rings. The smallest absolute Gasteiger partial charge is 0.145 e. The average molecular weight is 315 g/mol. The van der Waals surface area contributed by atoms with E-state index in [9.17, 15) is 0 Å². The van der Waals surface area contributed by atoms with E-state index in [0.29, 0.717) is 16.7 Å². The van der Waals surface area contributed by atoms with Crippen molar-refractivity contribution in [1.29, 1.82) is 0 Å². The first-order valence-electron chi connectivity index (χ1n) is 6.80. The number of nitrogens with zero attached hydrogens (tertiary/aromatic N) is 1. The Balaban J connectivity index is 1.92. The second kappa shape index (κ2) is 7.32. The van der Waals surface area contributed by atoms with Crippen LogP contribution in [0.2, 0.25) is 10.0 Å². The normalized spacial score (nSPS) is 13.9. The third-order valence-electron chi connectivity index (χ3n) is 3.36. The SMILES string of the molecule is CCN(C)CCNCC1=Cc2cc(Cl)cc(Cl)c2OC1. The number of ether oxygens (including phenoxy) is 1. The summed E-state index contributed by atoms with van der Waals surface area (Å²) in [4.78, 5) is 2.27. The van der Waals surface area contributed by atoms with Crippen LogP contribution in [-0.4, -0.2) is 44.7 Å². The van der Waals surface area contributed by atoms with Crippen LogP contribution in [-0.2, 0) is 0 Å². The first-order valence-corrected chi connectivity index (χ1v) is 7.56. The predicted molar refractivity (Wildman–Crippen MR) is 86.0 cm³/mol. The fraction of sp³-hybridized carbons (Fsp3) is 0.467. The van der Waals surface area contributed by atoms with Gasteiger partial charge in [-0.25, -0.2) is 0 Å². The molecule has 0 amide bonds. The Hall–Kier alpha value is -0.740. The van der Waals surface area contributed by atoms with E-state index in [4.69, 9.17) is 27.9 Å². The standard InChI is InChI=1S/C15H20Cl2N2O/c1-3-19(2)5-4-18-9-11-6-12-7-13(16)8-14(17)15(12)20-10-11/h6-8,18H,3-5,9-10H2,1-2H3. The van der Waals surface area contributed by atoms with E-state index in [1.807, 2.05) is 6.07 Å². The number of halogens is 2. The van der Waals surface area contributed by atoms with E-state index >= 15 is 0 Å². The van der Waals surface area contributed by atoms with Crippen molar-refractivity contribution in [1.82, 2.24) is 10.2 Å². The number of fused-ring (bicyclic) bond motifs is 1. The zero-order valence-corrected chi connectivity index (χ0v) is 13.4. The predicted octanol–water partition coefficient (Wildman–Crippen LogP) is 3.31. The van der Waals surface area contributed by atoms with Gasteiger partial charge in [0.15, 0.2) is 0 Å². The molecule has 0 aliphatic carbocycles. The molecule has 1 aromatic carbocycles. The molecule has 1 aliphatic heterocycles. The molecule has 0 atom stereocenters. The maximum Gasteiger partial charge on any atom is 0.145 e. The van der Waals surface area contributed by atoms with Crippen molar-refractivity contribution in [3.8, 4) is 5.75 Å². The summed E-state index contributed by atoms with van der Waals surface area (Å²) in [5.74, 6) is 0.727. The highest BCUT2D eigenvalue weighted by Crippen LogP contribution is 2.36. The summed E-state index contributed by atoms with van der Waals surface area (Å²) in [5, 5.41) is 4.63. The summed E-state index contributed by atoms with van der Waals surface area (Å²) in [6.45, 7) is 6.62. The van der Waals surface area contributed by atoms with Gasteiger partial charge in [0, 0.05) is 30.2 Å². The summed E-state index contributed by atoms with van der Waals surface area (Å²) in [7, 11) is 2.12. The fourth-order valence-electron chi connectivity index (χ4n) is 2.05. The van der Waals surface area contributed by atoms with Crippen LogP contribution in [0.1, 0.15) is 12.5 Å². The lowest BCUT2D eigenvalue weighted by molar-refractivity contribution is 0.335. The Kier molecular flexibility index (Phi) is 5.73. The maximum absolute atomic E-state index is 6.11. The van der Waals surface area contributed by atoms with Gasteiger partial charge in [-0.2, -0.15) is 0 Å². The lowest BCUT2D eigenvalue weighted by atomic mass is 10.1. The molecule has 110 valence electrons. The van der Waals surface area contributed by atoms with Crippen LogP contribution in [0, 0.1) is 0 Å². The molecular weight excluding hydrogens is 295 g/mol. The van der Waals surface area contributed by atoms with Crippen LogP contribution >= 0.6 is 23.2 Å². The number of hydrogen-bond donors (Lipinski definition) is 1. The Morgan fingerprint density at radius 2 is 2.15 bits per heavy atom. The van der Waals surface area contributed by atoms with Gasteiger partial charge >= 0.3 is 0 Å². The second-order valence-electron chi connectivity index (χ2n) is 4.97. The molecule has 0 saturated heterocycles. The Labute approximate surface area is 130 Å². The van der Waals surface area contributed by atoms with E-state index in [-0.39, 0.29) is 0 Å². The number of benzene rings is 1. The zero-order chi connectivity index (χ0) is 14.5. The molecule has 0 spiro atoms. The van der Waals surface area contributed by atoms with Crippen LogP contribution in [0.15, 0.2) is 17.7 Å². The minimum atomic E-state index is 0.570. The lowest BCUT2D eigenvalue weighted by Gasteiger charge is -2.20. The molecule has 0 bridgehead atoms. The quantitative estimate of drug-likeness (QED) is 0.815. The van der Waals surface area contributed by atoms with Crippen molar-refractivity contribution in [2.45, 2.75) is 6.92 Å². The molecule has 5 heteroatoms. The molecule has 0 fully saturated rings. The number of hydrogen-bond acceptors (Lipinski definition) is 3. The lowest BCUT2D eigenvalue weighted by Crippen LogP contribution is -2.31. The first kappa shape index (κ1) is 15.6. The molecule has 2 rings (SSSR count). The highest BCUT2D eigenvalue weighted by atomic mass is 35.5. The Morgan fingerprint density at radius 1 is 1.35 bits per heavy atom. The minimum absolute atomic E-state index is 0.570. The highest BCUT2D eigenvalue weighted by Gasteiger charge is 2.15. The topological polar surface area (TPSA) is 24.5 Å². The van der Waals surface area contributed by atoms with Crippen LogP contribution in [0.25, 0.3) is 6.08 Å². The van der Waals surface area contributed by atoms with Gasteiger partial charge in [-0.15, -0.1) is 0 Å². The van der Waals surface area contributed by atoms with E-state index in [2.05, 4.69) is 30.3 Å². The largest absolute Gasteiger partial charge is 0.487 e. The van der Waals surface area contributed by atoms with Gasteiger partial charge in [-0.3, -0.25) is 0 Å². The molecule has 0 radical (unpaired) electrons. The van der Waals surface area contributed by atoms with Crippen LogP contribution < -0.4 is 10.1 Å². The van der Waals surface area contributed by atoms with Crippen molar-refractivity contribution in [3.05, 3.63) is 33.3 Å². The fourth-order valence-corrected chi connectivity index (χ4v) is 2.61. The van der Waals surface area contributed by atoms with Gasteiger partial charge in [-0.05, 0) is 37.4 Å². The highest BCUT2D eigenvalue weighted by molar-refractivity contribution is 6.36. The maximum atomic E-state index is 6.11. The third kappa shape index (κ3) is 4.13. The third-order valence-corrected chi connectivity index (χ3v) is 3.86. The van der Waals surface area contributed by atoms with Gasteiger partial charge in [0.25, 0.3) is 0 Å². The van der Waals surface area contributed by atoms with Gasteiger partial charge in [0.2, 0.25) is 0 Å². The van der Waals surface area contributed by atoms with E-state index in [0.717, 1.165) is 37.5 Å². The van der Waals surface area contributed by atoms with Crippen molar-refractivity contribution in [3.63, 3.8) is 0 Å². The molecule has 1 heterocycles. The minimum Gasteiger partial charge on any atom is -0.487 e. The number of rotatable bonds is 6. The average Bonchev–Trinajstić information content (AvgIpc) is 2.42. The van der Waals surface area contributed by atoms with Gasteiger partial charge in [-0.1, -0.05) is 30.1 Å². The van der Waals surface area contributed by atoms with Gasteiger partial charge in [0.1, 0.15) is 12.4 Å². The summed E-state index contributed by atoms with van der Waals surface area (Å²) < 4.78 is 5.71. The van der Waals surface area contributed by atoms with Gasteiger partial charge < -0.3 is 15.0 Å². The van der Waals surface area contributed by atoms with E-state index in [1.54, 1.807) is 6.07 Å². The summed E-state index contributed by atoms with van der Waals surface area (Å²) in [5.41, 5.74) is 2.16. The summed E-state index contributed by atoms with van der Waals surface area (Å²) >= 11 is 12.1. The molecule has 0 aromatic heterocycles. The molecule has 1 N–H and O–H groups in total. The summed E-state index contributed by atoms with van der Waals surface area (Å²) in [6.07, 6.45) is 2.10. The molecule has 3 nitrogen and oxygen atoms in total. The summed E-state index contributed by atoms with van der Waals surface area (Å²) in [6, 6.07) is 3.59. The van der Waals surface area contributed by atoms with Crippen LogP contribution in [0.4, 0.5) is 0 Å². The molecular formula is C15H20Cl2N2O. The molecule has 0 saturated carbocycles. The molecule has 1 aromatic rings. The van der Waals surface area contributed by atoms with Crippen LogP contribution in [0.3, 0.4) is 0 Å². The van der Waals surface area contributed by atoms with Gasteiger partial charge in [0.05, 0.1) is 5.02 Å². The Morgan fingerprint density at radius 3 is 2.90 bits per heavy atom. The second-order valence-corrected chi connectivity index (χ2v) is 5.81. The van der Waals surface area contributed by atoms with Crippen molar-refractivity contribution in [2.75, 3.05) is 39.8 Å². The monoisotopic (exact) mass is 314 g/mol. The van der Waals surface area contributed by atoms with Crippen molar-refractivity contribution in [2.24, 2.45) is 0 Å². The zero-order valence-electron chi connectivity index (χ0n) is 11.9. The van der Waals surface area contributed by atoms with Crippen molar-refractivity contribution < 1.29 is 4.74 Å². The van der Waals surface area contributed by atoms with Crippen molar-refractivity contribution >= 4 is 29.3 Å². The molecule has 20 heavy (non-hydrogen) atoms. The Bertz CT molecular complexity index is 503. The number of nitrogens with one attached hydrogen (secondary N) is 1. The first-order chi connectivity index (χ1) is 9.60. The molecule has 0 unspecified atom stereocenters.